The fourth-order valence-electron chi connectivity index (χ4n) is 2.46. The summed E-state index contributed by atoms with van der Waals surface area (Å²) in [4.78, 5) is 32.1. The summed E-state index contributed by atoms with van der Waals surface area (Å²) in [5.41, 5.74) is 0.00626. The third-order valence-electron chi connectivity index (χ3n) is 3.79. The Kier molecular flexibility index (Phi) is 5.62. The van der Waals surface area contributed by atoms with Crippen molar-refractivity contribution in [2.24, 2.45) is 0 Å². The van der Waals surface area contributed by atoms with Crippen molar-refractivity contribution < 1.29 is 13.9 Å². The first kappa shape index (κ1) is 20.1. The van der Waals surface area contributed by atoms with Gasteiger partial charge in [0, 0.05) is 37.0 Å². The van der Waals surface area contributed by atoms with E-state index in [0.717, 1.165) is 0 Å². The lowest BCUT2D eigenvalue weighted by Crippen LogP contribution is -2.15. The lowest BCUT2D eigenvalue weighted by atomic mass is 10.1. The minimum absolute atomic E-state index is 0.0453. The van der Waals surface area contributed by atoms with Crippen molar-refractivity contribution in [3.63, 3.8) is 0 Å². The van der Waals surface area contributed by atoms with Gasteiger partial charge in [0.2, 0.25) is 11.8 Å². The number of pyridine rings is 1. The molecule has 0 aliphatic heterocycles. The molecule has 0 fully saturated rings. The van der Waals surface area contributed by atoms with Crippen molar-refractivity contribution >= 4 is 23.2 Å². The number of carbonyl (C=O) groups excluding carboxylic acids is 1. The molecular formula is C19H20FN7O2. The van der Waals surface area contributed by atoms with Crippen LogP contribution in [0, 0.1) is 0 Å². The quantitative estimate of drug-likeness (QED) is 0.651. The van der Waals surface area contributed by atoms with Crippen LogP contribution in [0.3, 0.4) is 0 Å². The number of methoxy groups -OCH3 is 1. The molecular weight excluding hydrogens is 377 g/mol. The van der Waals surface area contributed by atoms with E-state index in [1.165, 1.54) is 40.4 Å². The van der Waals surface area contributed by atoms with Gasteiger partial charge in [0.05, 0.1) is 18.5 Å². The summed E-state index contributed by atoms with van der Waals surface area (Å²) >= 11 is 0. The van der Waals surface area contributed by atoms with Crippen molar-refractivity contribution in [2.45, 2.75) is 26.4 Å². The zero-order valence-corrected chi connectivity index (χ0v) is 16.4. The highest BCUT2D eigenvalue weighted by molar-refractivity contribution is 5.89. The summed E-state index contributed by atoms with van der Waals surface area (Å²) in [6.45, 7) is 4.15. The van der Waals surface area contributed by atoms with E-state index in [0.29, 0.717) is 34.5 Å². The topological polar surface area (TPSA) is 115 Å². The minimum Gasteiger partial charge on any atom is -0.481 e. The van der Waals surface area contributed by atoms with Gasteiger partial charge in [-0.05, 0) is 19.9 Å². The van der Waals surface area contributed by atoms with Gasteiger partial charge in [-0.25, -0.2) is 29.3 Å². The Bertz CT molecular complexity index is 1040. The van der Waals surface area contributed by atoms with Gasteiger partial charge in [-0.1, -0.05) is 0 Å². The van der Waals surface area contributed by atoms with E-state index in [1.807, 2.05) is 0 Å². The maximum absolute atomic E-state index is 14.2. The number of amides is 1. The molecule has 2 N–H and O–H groups in total. The number of aromatic nitrogens is 5. The predicted octanol–water partition coefficient (Wildman–Crippen LogP) is 3.24. The molecule has 150 valence electrons. The normalized spacial score (nSPS) is 11.1. The number of anilines is 3. The molecule has 3 heterocycles. The molecule has 0 aromatic carbocycles. The van der Waals surface area contributed by atoms with Gasteiger partial charge in [0.25, 0.3) is 0 Å². The average molecular weight is 397 g/mol. The van der Waals surface area contributed by atoms with E-state index in [-0.39, 0.29) is 11.7 Å². The fourth-order valence-corrected chi connectivity index (χ4v) is 2.46. The first-order chi connectivity index (χ1) is 13.8. The van der Waals surface area contributed by atoms with Gasteiger partial charge in [-0.15, -0.1) is 0 Å². The van der Waals surface area contributed by atoms with Crippen LogP contribution in [0.25, 0.3) is 11.3 Å². The molecule has 0 aliphatic carbocycles. The zero-order chi connectivity index (χ0) is 21.0. The Morgan fingerprint density at radius 2 is 1.93 bits per heavy atom. The standard InChI is InChI=1S/C19H20FN7O2/c1-11(28)25-16-7-14(26-15-5-6-21-18(27-15)19(2,3)20)12(9-22-16)13-8-17(29-4)24-10-23-13/h5-10H,1-4H3,(H2,21,22,25,26,27,28). The Balaban J connectivity index is 2.05. The van der Waals surface area contributed by atoms with E-state index in [4.69, 9.17) is 4.74 Å². The Labute approximate surface area is 166 Å². The van der Waals surface area contributed by atoms with Crippen LogP contribution in [0.2, 0.25) is 0 Å². The maximum Gasteiger partial charge on any atom is 0.222 e. The summed E-state index contributed by atoms with van der Waals surface area (Å²) < 4.78 is 19.4. The highest BCUT2D eigenvalue weighted by Gasteiger charge is 2.23. The number of carbonyl (C=O) groups is 1. The molecule has 3 aromatic heterocycles. The Hall–Kier alpha value is -3.69. The second-order valence-corrected chi connectivity index (χ2v) is 6.60. The molecule has 0 bridgehead atoms. The molecule has 29 heavy (non-hydrogen) atoms. The van der Waals surface area contributed by atoms with Gasteiger partial charge in [-0.3, -0.25) is 4.79 Å². The minimum atomic E-state index is -1.69. The molecule has 0 saturated heterocycles. The van der Waals surface area contributed by atoms with Gasteiger partial charge in [0.15, 0.2) is 11.5 Å². The summed E-state index contributed by atoms with van der Waals surface area (Å²) in [5, 5.41) is 5.75. The van der Waals surface area contributed by atoms with Crippen LogP contribution in [-0.4, -0.2) is 37.9 Å². The highest BCUT2D eigenvalue weighted by atomic mass is 19.1. The third kappa shape index (κ3) is 4.98. The molecule has 10 heteroatoms. The number of rotatable bonds is 6. The zero-order valence-electron chi connectivity index (χ0n) is 16.4. The molecule has 3 rings (SSSR count). The van der Waals surface area contributed by atoms with Crippen molar-refractivity contribution in [1.29, 1.82) is 0 Å². The van der Waals surface area contributed by atoms with Crippen molar-refractivity contribution in [1.82, 2.24) is 24.9 Å². The molecule has 0 atom stereocenters. The summed E-state index contributed by atoms with van der Waals surface area (Å²) in [7, 11) is 1.50. The fraction of sp³-hybridized carbons (Fsp3) is 0.263. The van der Waals surface area contributed by atoms with Crippen LogP contribution in [0.15, 0.2) is 36.9 Å². The predicted molar refractivity (Wildman–Crippen MR) is 106 cm³/mol. The molecule has 0 radical (unpaired) electrons. The second kappa shape index (κ2) is 8.13. The van der Waals surface area contributed by atoms with Crippen LogP contribution in [-0.2, 0) is 10.5 Å². The molecule has 1 amide bonds. The van der Waals surface area contributed by atoms with Gasteiger partial charge in [-0.2, -0.15) is 0 Å². The highest BCUT2D eigenvalue weighted by Crippen LogP contribution is 2.31. The van der Waals surface area contributed by atoms with Crippen LogP contribution in [0.1, 0.15) is 26.6 Å². The average Bonchev–Trinajstić information content (AvgIpc) is 2.67. The van der Waals surface area contributed by atoms with Crippen LogP contribution < -0.4 is 15.4 Å². The van der Waals surface area contributed by atoms with Crippen molar-refractivity contribution in [2.75, 3.05) is 17.7 Å². The number of hydrogen-bond acceptors (Lipinski definition) is 8. The molecule has 9 nitrogen and oxygen atoms in total. The molecule has 0 saturated carbocycles. The van der Waals surface area contributed by atoms with Gasteiger partial charge >= 0.3 is 0 Å². The number of nitrogens with one attached hydrogen (secondary N) is 2. The van der Waals surface area contributed by atoms with E-state index in [2.05, 4.69) is 35.6 Å². The number of hydrogen-bond donors (Lipinski definition) is 2. The largest absolute Gasteiger partial charge is 0.481 e. The van der Waals surface area contributed by atoms with Crippen LogP contribution in [0.5, 0.6) is 5.88 Å². The van der Waals surface area contributed by atoms with Gasteiger partial charge in [0.1, 0.15) is 18.0 Å². The van der Waals surface area contributed by atoms with Crippen LogP contribution >= 0.6 is 0 Å². The van der Waals surface area contributed by atoms with Crippen LogP contribution in [0.4, 0.5) is 21.7 Å². The van der Waals surface area contributed by atoms with Gasteiger partial charge < -0.3 is 15.4 Å². The smallest absolute Gasteiger partial charge is 0.222 e. The molecule has 0 spiro atoms. The van der Waals surface area contributed by atoms with E-state index in [1.54, 1.807) is 24.4 Å². The number of ether oxygens (including phenoxy) is 1. The summed E-state index contributed by atoms with van der Waals surface area (Å²) in [6.07, 6.45) is 4.39. The monoisotopic (exact) mass is 397 g/mol. The number of halogens is 1. The second-order valence-electron chi connectivity index (χ2n) is 6.60. The Morgan fingerprint density at radius 1 is 1.14 bits per heavy atom. The van der Waals surface area contributed by atoms with E-state index in [9.17, 15) is 9.18 Å². The molecule has 0 unspecified atom stereocenters. The SMILES string of the molecule is COc1cc(-c2cnc(NC(C)=O)cc2Nc2ccnc(C(C)(C)F)n2)ncn1. The van der Waals surface area contributed by atoms with E-state index < -0.39 is 5.67 Å². The molecule has 0 aliphatic rings. The number of alkyl halides is 1. The first-order valence-electron chi connectivity index (χ1n) is 8.70. The number of nitrogens with zero attached hydrogens (tertiary/aromatic N) is 5. The van der Waals surface area contributed by atoms with Crippen molar-refractivity contribution in [3.8, 4) is 17.1 Å². The summed E-state index contributed by atoms with van der Waals surface area (Å²) in [6, 6.07) is 4.89. The lowest BCUT2D eigenvalue weighted by molar-refractivity contribution is -0.114. The molecule has 3 aromatic rings. The summed E-state index contributed by atoms with van der Waals surface area (Å²) in [5.74, 6) is 0.885. The lowest BCUT2D eigenvalue weighted by Gasteiger charge is -2.16. The Morgan fingerprint density at radius 3 is 2.62 bits per heavy atom. The maximum atomic E-state index is 14.2. The first-order valence-corrected chi connectivity index (χ1v) is 8.70. The van der Waals surface area contributed by atoms with Crippen molar-refractivity contribution in [3.05, 3.63) is 42.7 Å². The third-order valence-corrected chi connectivity index (χ3v) is 3.79. The van der Waals surface area contributed by atoms with E-state index >= 15 is 0 Å².